The second-order valence-corrected chi connectivity index (χ2v) is 5.53. The summed E-state index contributed by atoms with van der Waals surface area (Å²) in [6.07, 6.45) is 1.62. The van der Waals surface area contributed by atoms with Crippen LogP contribution in [0.15, 0.2) is 10.5 Å². The van der Waals surface area contributed by atoms with Gasteiger partial charge in [0.25, 0.3) is 0 Å². The number of rotatable bonds is 5. The highest BCUT2D eigenvalue weighted by atomic mass is 79.9. The number of methoxy groups -OCH3 is 1. The predicted molar refractivity (Wildman–Crippen MR) is 70.0 cm³/mol. The first kappa shape index (κ1) is 14.1. The molecule has 0 spiro atoms. The van der Waals surface area contributed by atoms with Crippen LogP contribution in [0, 0.1) is 11.7 Å². The van der Waals surface area contributed by atoms with Crippen molar-refractivity contribution in [2.45, 2.75) is 25.2 Å². The van der Waals surface area contributed by atoms with E-state index in [4.69, 9.17) is 9.84 Å². The second-order valence-electron chi connectivity index (χ2n) is 4.68. The normalized spacial score (nSPS) is 16.2. The van der Waals surface area contributed by atoms with E-state index in [2.05, 4.69) is 15.9 Å². The second kappa shape index (κ2) is 5.36. The van der Waals surface area contributed by atoms with Gasteiger partial charge in [0.05, 0.1) is 13.5 Å². The van der Waals surface area contributed by atoms with Gasteiger partial charge in [-0.25, -0.2) is 4.39 Å². The lowest BCUT2D eigenvalue weighted by atomic mass is 9.90. The van der Waals surface area contributed by atoms with Crippen molar-refractivity contribution in [3.63, 3.8) is 0 Å². The number of hydrogen-bond acceptors (Lipinski definition) is 3. The number of aromatic hydroxyl groups is 1. The molecular formula is C13H14BrFO4. The summed E-state index contributed by atoms with van der Waals surface area (Å²) >= 11 is 3.24. The molecule has 6 heteroatoms. The van der Waals surface area contributed by atoms with Gasteiger partial charge in [0.1, 0.15) is 0 Å². The van der Waals surface area contributed by atoms with E-state index in [0.29, 0.717) is 4.47 Å². The van der Waals surface area contributed by atoms with Gasteiger partial charge in [-0.3, -0.25) is 4.79 Å². The fourth-order valence-corrected chi connectivity index (χ4v) is 2.96. The maximum Gasteiger partial charge on any atom is 0.303 e. The molecule has 1 atom stereocenters. The minimum atomic E-state index is -0.974. The van der Waals surface area contributed by atoms with Crippen LogP contribution >= 0.6 is 15.9 Å². The summed E-state index contributed by atoms with van der Waals surface area (Å²) in [5.74, 6) is -2.59. The lowest BCUT2D eigenvalue weighted by molar-refractivity contribution is -0.137. The lowest BCUT2D eigenvalue weighted by Crippen LogP contribution is -2.11. The van der Waals surface area contributed by atoms with Crippen LogP contribution in [0.3, 0.4) is 0 Å². The number of aliphatic carboxylic acids is 1. The molecular weight excluding hydrogens is 319 g/mol. The number of phenols is 1. The zero-order valence-corrected chi connectivity index (χ0v) is 11.9. The van der Waals surface area contributed by atoms with Crippen molar-refractivity contribution in [1.82, 2.24) is 0 Å². The fraction of sp³-hybridized carbons (Fsp3) is 0.462. The third kappa shape index (κ3) is 2.83. The Labute approximate surface area is 118 Å². The Morgan fingerprint density at radius 3 is 2.74 bits per heavy atom. The largest absolute Gasteiger partial charge is 0.502 e. The van der Waals surface area contributed by atoms with Gasteiger partial charge >= 0.3 is 5.97 Å². The Bertz CT molecular complexity index is 514. The van der Waals surface area contributed by atoms with E-state index in [1.54, 1.807) is 0 Å². The zero-order chi connectivity index (χ0) is 14.2. The van der Waals surface area contributed by atoms with E-state index in [-0.39, 0.29) is 23.7 Å². The monoisotopic (exact) mass is 332 g/mol. The molecule has 1 aliphatic rings. The Hall–Kier alpha value is -1.30. The lowest BCUT2D eigenvalue weighted by Gasteiger charge is -2.19. The first-order valence-corrected chi connectivity index (χ1v) is 6.71. The number of carbonyl (C=O) groups is 1. The third-order valence-electron chi connectivity index (χ3n) is 3.37. The molecule has 104 valence electrons. The Morgan fingerprint density at radius 2 is 2.26 bits per heavy atom. The smallest absolute Gasteiger partial charge is 0.303 e. The van der Waals surface area contributed by atoms with Crippen LogP contribution in [0.4, 0.5) is 4.39 Å². The SMILES string of the molecule is COc1cc(Br)c(C(CC(=O)O)C2CC2)c(F)c1O. The van der Waals surface area contributed by atoms with Crippen molar-refractivity contribution in [2.24, 2.45) is 5.92 Å². The molecule has 2 rings (SSSR count). The molecule has 0 bridgehead atoms. The number of phenolic OH excluding ortho intramolecular Hbond substituents is 1. The van der Waals surface area contributed by atoms with Crippen molar-refractivity contribution in [3.05, 3.63) is 21.9 Å². The summed E-state index contributed by atoms with van der Waals surface area (Å²) in [6, 6.07) is 1.46. The molecule has 1 aliphatic carbocycles. The molecule has 1 unspecified atom stereocenters. The molecule has 0 radical (unpaired) electrons. The number of halogens is 2. The summed E-state index contributed by atoms with van der Waals surface area (Å²) in [5, 5.41) is 18.7. The van der Waals surface area contributed by atoms with Crippen molar-refractivity contribution in [2.75, 3.05) is 7.11 Å². The molecule has 1 saturated carbocycles. The van der Waals surface area contributed by atoms with Gasteiger partial charge in [-0.2, -0.15) is 0 Å². The summed E-state index contributed by atoms with van der Waals surface area (Å²) < 4.78 is 19.5. The van der Waals surface area contributed by atoms with Gasteiger partial charge < -0.3 is 14.9 Å². The van der Waals surface area contributed by atoms with E-state index in [9.17, 15) is 14.3 Å². The van der Waals surface area contributed by atoms with E-state index < -0.39 is 23.5 Å². The first-order chi connectivity index (χ1) is 8.95. The highest BCUT2D eigenvalue weighted by molar-refractivity contribution is 9.10. The van der Waals surface area contributed by atoms with Crippen LogP contribution in [-0.2, 0) is 4.79 Å². The molecule has 19 heavy (non-hydrogen) atoms. The number of benzene rings is 1. The maximum atomic E-state index is 14.2. The number of carboxylic acid groups (broad SMARTS) is 1. The molecule has 0 aromatic heterocycles. The van der Waals surface area contributed by atoms with E-state index in [1.165, 1.54) is 13.2 Å². The minimum absolute atomic E-state index is 0.0259. The topological polar surface area (TPSA) is 66.8 Å². The molecule has 1 aromatic carbocycles. The summed E-state index contributed by atoms with van der Waals surface area (Å²) in [7, 11) is 1.33. The zero-order valence-electron chi connectivity index (χ0n) is 10.3. The highest BCUT2D eigenvalue weighted by Gasteiger charge is 2.37. The Kier molecular flexibility index (Phi) is 3.99. The average molecular weight is 333 g/mol. The van der Waals surface area contributed by atoms with Gasteiger partial charge in [0, 0.05) is 16.0 Å². The van der Waals surface area contributed by atoms with Gasteiger partial charge in [-0.1, -0.05) is 15.9 Å². The minimum Gasteiger partial charge on any atom is -0.502 e. The van der Waals surface area contributed by atoms with Crippen LogP contribution in [0.5, 0.6) is 11.5 Å². The molecule has 0 heterocycles. The van der Waals surface area contributed by atoms with Crippen LogP contribution < -0.4 is 4.74 Å². The molecule has 2 N–H and O–H groups in total. The summed E-state index contributed by atoms with van der Waals surface area (Å²) in [5.41, 5.74) is 0.225. The Morgan fingerprint density at radius 1 is 1.63 bits per heavy atom. The quantitative estimate of drug-likeness (QED) is 0.868. The van der Waals surface area contributed by atoms with Crippen LogP contribution in [0.2, 0.25) is 0 Å². The fourth-order valence-electron chi connectivity index (χ4n) is 2.29. The van der Waals surface area contributed by atoms with Gasteiger partial charge in [-0.05, 0) is 24.8 Å². The number of ether oxygens (including phenoxy) is 1. The predicted octanol–water partition coefficient (Wildman–Crippen LogP) is 3.27. The van der Waals surface area contributed by atoms with E-state index >= 15 is 0 Å². The maximum absolute atomic E-state index is 14.2. The van der Waals surface area contributed by atoms with Crippen LogP contribution in [0.1, 0.15) is 30.7 Å². The molecule has 1 fully saturated rings. The van der Waals surface area contributed by atoms with E-state index in [1.807, 2.05) is 0 Å². The number of carboxylic acids is 1. The summed E-state index contributed by atoms with van der Waals surface area (Å²) in [6.45, 7) is 0. The van der Waals surface area contributed by atoms with Crippen LogP contribution in [0.25, 0.3) is 0 Å². The molecule has 0 aliphatic heterocycles. The van der Waals surface area contributed by atoms with Crippen molar-refractivity contribution in [1.29, 1.82) is 0 Å². The number of hydrogen-bond donors (Lipinski definition) is 2. The average Bonchev–Trinajstić information content (AvgIpc) is 3.16. The summed E-state index contributed by atoms with van der Waals surface area (Å²) in [4.78, 5) is 10.9. The Balaban J connectivity index is 2.47. The third-order valence-corrected chi connectivity index (χ3v) is 4.03. The molecule has 4 nitrogen and oxygen atoms in total. The highest BCUT2D eigenvalue weighted by Crippen LogP contribution is 2.49. The van der Waals surface area contributed by atoms with Gasteiger partial charge in [0.2, 0.25) is 0 Å². The first-order valence-electron chi connectivity index (χ1n) is 5.92. The molecule has 1 aromatic rings. The van der Waals surface area contributed by atoms with Crippen molar-refractivity contribution in [3.8, 4) is 11.5 Å². The van der Waals surface area contributed by atoms with Crippen LogP contribution in [-0.4, -0.2) is 23.3 Å². The van der Waals surface area contributed by atoms with Crippen molar-refractivity contribution >= 4 is 21.9 Å². The van der Waals surface area contributed by atoms with E-state index in [0.717, 1.165) is 12.8 Å². The van der Waals surface area contributed by atoms with Gasteiger partial charge in [0.15, 0.2) is 17.3 Å². The standard InChI is InChI=1S/C13H14BrFO4/c1-19-9-5-8(14)11(12(15)13(9)18)7(4-10(16)17)6-2-3-6/h5-7,18H,2-4H2,1H3,(H,16,17). The van der Waals surface area contributed by atoms with Crippen molar-refractivity contribution < 1.29 is 24.1 Å². The molecule has 0 amide bonds. The van der Waals surface area contributed by atoms with Gasteiger partial charge in [-0.15, -0.1) is 0 Å². The molecule has 0 saturated heterocycles.